The van der Waals surface area contributed by atoms with E-state index in [1.807, 2.05) is 38.6 Å². The maximum absolute atomic E-state index is 4.59. The van der Waals surface area contributed by atoms with Crippen molar-refractivity contribution in [3.63, 3.8) is 0 Å². The third-order valence-electron chi connectivity index (χ3n) is 21.9. The van der Waals surface area contributed by atoms with Crippen LogP contribution in [-0.2, 0) is 0 Å². The number of rotatable bonds is 12. The minimum absolute atomic E-state index is 0.685. The molecular weight excluding hydrogens is 865 g/mol. The molecule has 0 aromatic heterocycles. The zero-order chi connectivity index (χ0) is 47.3. The summed E-state index contributed by atoms with van der Waals surface area (Å²) in [6.07, 6.45) is 42.5. The molecule has 68 heavy (non-hydrogen) atoms. The highest BCUT2D eigenvalue weighted by Gasteiger charge is 2.51. The highest BCUT2D eigenvalue weighted by Crippen LogP contribution is 2.56. The molecule has 0 unspecified atom stereocenters. The first kappa shape index (κ1) is 51.1. The Morgan fingerprint density at radius 1 is 0.324 bits per heavy atom. The van der Waals surface area contributed by atoms with E-state index in [1.165, 1.54) is 229 Å². The second-order valence-corrected chi connectivity index (χ2v) is 38.7. The Morgan fingerprint density at radius 3 is 0.941 bits per heavy atom. The molecule has 6 aliphatic carbocycles. The van der Waals surface area contributed by atoms with Crippen LogP contribution in [0.3, 0.4) is 0 Å². The average Bonchev–Trinajstić information content (AvgIpc) is 3.99. The van der Waals surface area contributed by atoms with Gasteiger partial charge in [-0.1, -0.05) is 228 Å². The van der Waals surface area contributed by atoms with Crippen molar-refractivity contribution in [1.82, 2.24) is 0 Å². The van der Waals surface area contributed by atoms with Gasteiger partial charge in [-0.3, -0.25) is 0 Å². The molecule has 6 saturated carbocycles. The average molecular weight is 966 g/mol. The van der Waals surface area contributed by atoms with Crippen molar-refractivity contribution in [1.29, 1.82) is 0 Å². The standard InChI is InChI=1S/C65H100Si3/c1-8-66(9-2)48-56(50-32-20-14-21-33-50)62(52-36-24-16-25-37-52)57(66)44-45-59-64(54-40-28-18-29-41-54)65(55-42-30-19-31-43-55)60(68(59,12-5)13-6)47-46-58-63(53-38-26-17-27-39-53)61(51-34-22-15-23-35-51)49(7)67(58,10-3)11-4/h48,50-55H,8-43H2,1-7H3. The van der Waals surface area contributed by atoms with E-state index in [0.29, 0.717) is 11.8 Å². The van der Waals surface area contributed by atoms with E-state index < -0.39 is 24.2 Å². The monoisotopic (exact) mass is 965 g/mol. The molecule has 0 saturated heterocycles. The third kappa shape index (κ3) is 9.40. The third-order valence-corrected chi connectivity index (χ3v) is 37.2. The molecule has 3 heterocycles. The lowest BCUT2D eigenvalue weighted by atomic mass is 9.73. The van der Waals surface area contributed by atoms with Gasteiger partial charge < -0.3 is 0 Å². The summed E-state index contributed by atoms with van der Waals surface area (Å²) in [6, 6.07) is 7.88. The van der Waals surface area contributed by atoms with Gasteiger partial charge in [0.15, 0.2) is 0 Å². The largest absolute Gasteiger partial charge is 0.139 e. The van der Waals surface area contributed by atoms with E-state index in [2.05, 4.69) is 77.8 Å². The van der Waals surface area contributed by atoms with Crippen LogP contribution >= 0.6 is 0 Å². The Balaban J connectivity index is 1.28. The zero-order valence-corrected chi connectivity index (χ0v) is 48.5. The smallest absolute Gasteiger partial charge is 0.0854 e. The molecule has 0 atom stereocenters. The maximum Gasteiger partial charge on any atom is 0.139 e. The van der Waals surface area contributed by atoms with Crippen molar-refractivity contribution in [3.8, 4) is 23.7 Å². The molecule has 0 radical (unpaired) electrons. The van der Waals surface area contributed by atoms with E-state index in [4.69, 9.17) is 0 Å². The van der Waals surface area contributed by atoms with Gasteiger partial charge in [0.25, 0.3) is 0 Å². The molecule has 0 spiro atoms. The summed E-state index contributed by atoms with van der Waals surface area (Å²) in [5.74, 6) is 22.7. The second-order valence-electron chi connectivity index (χ2n) is 24.7. The normalized spacial score (nSPS) is 27.2. The summed E-state index contributed by atoms with van der Waals surface area (Å²) in [6.45, 7) is 18.3. The van der Waals surface area contributed by atoms with Gasteiger partial charge in [-0.15, -0.1) is 0 Å². The molecule has 9 aliphatic rings. The summed E-state index contributed by atoms with van der Waals surface area (Å²) in [4.78, 5) is 0. The van der Waals surface area contributed by atoms with Gasteiger partial charge in [0.05, 0.1) is 0 Å². The zero-order valence-electron chi connectivity index (χ0n) is 45.5. The molecule has 6 fully saturated rings. The topological polar surface area (TPSA) is 0 Å². The van der Waals surface area contributed by atoms with Gasteiger partial charge in [0.1, 0.15) is 24.2 Å². The molecule has 0 bridgehead atoms. The van der Waals surface area contributed by atoms with Gasteiger partial charge in [-0.05, 0) is 174 Å². The summed E-state index contributed by atoms with van der Waals surface area (Å²) in [5, 5.41) is 8.92. The lowest BCUT2D eigenvalue weighted by Gasteiger charge is -2.32. The van der Waals surface area contributed by atoms with E-state index in [1.54, 1.807) is 20.8 Å². The lowest BCUT2D eigenvalue weighted by molar-refractivity contribution is 0.374. The Hall–Kier alpha value is -1.79. The Morgan fingerprint density at radius 2 is 0.603 bits per heavy atom. The number of allylic oxidation sites excluding steroid dienone is 11. The van der Waals surface area contributed by atoms with Crippen molar-refractivity contribution in [2.45, 2.75) is 277 Å². The van der Waals surface area contributed by atoms with Gasteiger partial charge in [-0.2, -0.15) is 0 Å². The quantitative estimate of drug-likeness (QED) is 0.135. The number of hydrogen-bond acceptors (Lipinski definition) is 0. The van der Waals surface area contributed by atoms with Crippen molar-refractivity contribution in [2.75, 3.05) is 0 Å². The molecule has 372 valence electrons. The first-order valence-electron chi connectivity index (χ1n) is 30.8. The SMILES string of the molecule is CC[Si]1(CC)C=C(C2CCCCC2)C(C2CCCCC2)=C1C#CC1=C(C2CCCCC2)C(C2CCCCC2)=C(C#CC2=C(C3CCCCC3)C(C3CCCCC3)=C(C)[Si]2(CC)CC)[Si]1(CC)CC. The van der Waals surface area contributed by atoms with Crippen LogP contribution in [0.15, 0.2) is 65.1 Å². The van der Waals surface area contributed by atoms with E-state index in [9.17, 15) is 0 Å². The van der Waals surface area contributed by atoms with Gasteiger partial charge in [0, 0.05) is 0 Å². The van der Waals surface area contributed by atoms with Crippen LogP contribution in [0.5, 0.6) is 0 Å². The first-order valence-corrected chi connectivity index (χ1v) is 38.1. The molecule has 3 heteroatoms. The predicted molar refractivity (Wildman–Crippen MR) is 304 cm³/mol. The number of hydrogen-bond donors (Lipinski definition) is 0. The molecular formula is C65H100Si3. The second kappa shape index (κ2) is 23.0. The van der Waals surface area contributed by atoms with Crippen molar-refractivity contribution < 1.29 is 0 Å². The predicted octanol–water partition coefficient (Wildman–Crippen LogP) is 19.6. The van der Waals surface area contributed by atoms with Crippen molar-refractivity contribution >= 4 is 24.2 Å². The summed E-state index contributed by atoms with van der Waals surface area (Å²) in [7, 11) is -6.12. The summed E-state index contributed by atoms with van der Waals surface area (Å²) < 4.78 is 0. The molecule has 0 aromatic carbocycles. The molecule has 3 aliphatic heterocycles. The fraction of sp³-hybridized carbons (Fsp3) is 0.754. The fourth-order valence-corrected chi connectivity index (χ4v) is 30.7. The van der Waals surface area contributed by atoms with Crippen LogP contribution in [0.4, 0.5) is 0 Å². The van der Waals surface area contributed by atoms with E-state index in [0.717, 1.165) is 23.7 Å². The van der Waals surface area contributed by atoms with Gasteiger partial charge >= 0.3 is 0 Å². The molecule has 0 aromatic rings. The molecule has 9 rings (SSSR count). The summed E-state index contributed by atoms with van der Waals surface area (Å²) in [5.41, 5.74) is 14.2. The molecule has 0 nitrogen and oxygen atoms in total. The Kier molecular flexibility index (Phi) is 17.3. The van der Waals surface area contributed by atoms with Crippen LogP contribution < -0.4 is 0 Å². The van der Waals surface area contributed by atoms with E-state index >= 15 is 0 Å². The Bertz CT molecular complexity index is 2110. The Labute approximate surface area is 423 Å². The first-order chi connectivity index (χ1) is 33.3. The molecule has 0 N–H and O–H groups in total. The van der Waals surface area contributed by atoms with Crippen molar-refractivity contribution in [2.24, 2.45) is 35.5 Å². The van der Waals surface area contributed by atoms with Crippen LogP contribution in [0.2, 0.25) is 36.3 Å². The van der Waals surface area contributed by atoms with E-state index in [-0.39, 0.29) is 0 Å². The fourth-order valence-electron chi connectivity index (χ4n) is 17.7. The van der Waals surface area contributed by atoms with Gasteiger partial charge in [0.2, 0.25) is 0 Å². The highest BCUT2D eigenvalue weighted by molar-refractivity contribution is 6.96. The lowest BCUT2D eigenvalue weighted by Crippen LogP contribution is -2.37. The summed E-state index contributed by atoms with van der Waals surface area (Å²) >= 11 is 0. The van der Waals surface area contributed by atoms with Crippen LogP contribution in [-0.4, -0.2) is 24.2 Å². The minimum atomic E-state index is -2.28. The van der Waals surface area contributed by atoms with Crippen LogP contribution in [0.1, 0.15) is 241 Å². The van der Waals surface area contributed by atoms with Crippen molar-refractivity contribution in [3.05, 3.63) is 65.1 Å². The molecule has 0 amide bonds. The van der Waals surface area contributed by atoms with Gasteiger partial charge in [-0.25, -0.2) is 0 Å². The minimum Gasteiger partial charge on any atom is -0.0854 e. The maximum atomic E-state index is 4.59. The van der Waals surface area contributed by atoms with Crippen LogP contribution in [0.25, 0.3) is 0 Å². The highest BCUT2D eigenvalue weighted by atomic mass is 28.3. The van der Waals surface area contributed by atoms with Crippen LogP contribution in [0, 0.1) is 59.2 Å².